The molecule has 3 rings (SSSR count). The van der Waals surface area contributed by atoms with Crippen LogP contribution in [-0.4, -0.2) is 73.2 Å². The van der Waals surface area contributed by atoms with E-state index < -0.39 is 41.1 Å². The first-order chi connectivity index (χ1) is 17.5. The van der Waals surface area contributed by atoms with Gasteiger partial charge < -0.3 is 20.4 Å². The van der Waals surface area contributed by atoms with E-state index in [0.717, 1.165) is 26.6 Å². The van der Waals surface area contributed by atoms with Gasteiger partial charge in [0.1, 0.15) is 12.1 Å². The highest BCUT2D eigenvalue weighted by Gasteiger charge is 2.49. The van der Waals surface area contributed by atoms with Crippen molar-refractivity contribution in [3.63, 3.8) is 0 Å². The number of nitrogens with one attached hydrogen (secondary N) is 1. The Balaban J connectivity index is 1.81. The molecule has 9 nitrogen and oxygen atoms in total. The molecule has 208 valence electrons. The number of amides is 3. The van der Waals surface area contributed by atoms with Gasteiger partial charge in [0.05, 0.1) is 28.2 Å². The largest absolute Gasteiger partial charge is 0.465 e. The van der Waals surface area contributed by atoms with Crippen LogP contribution < -0.4 is 5.32 Å². The van der Waals surface area contributed by atoms with Crippen molar-refractivity contribution in [3.8, 4) is 10.4 Å². The van der Waals surface area contributed by atoms with E-state index in [1.54, 1.807) is 52.9 Å². The number of nitrogens with zero attached hydrogens (tertiary/aromatic N) is 3. The van der Waals surface area contributed by atoms with Crippen molar-refractivity contribution < 1.29 is 24.6 Å². The molecule has 1 aromatic heterocycles. The number of aliphatic hydroxyl groups excluding tert-OH is 1. The first-order valence-electron chi connectivity index (χ1n) is 12.8. The summed E-state index contributed by atoms with van der Waals surface area (Å²) in [6, 6.07) is 5.62. The van der Waals surface area contributed by atoms with E-state index in [9.17, 15) is 24.6 Å². The van der Waals surface area contributed by atoms with Gasteiger partial charge in [0, 0.05) is 18.5 Å². The summed E-state index contributed by atoms with van der Waals surface area (Å²) in [7, 11) is 0. The topological polar surface area (TPSA) is 123 Å². The summed E-state index contributed by atoms with van der Waals surface area (Å²) in [4.78, 5) is 47.5. The van der Waals surface area contributed by atoms with Crippen LogP contribution in [0.1, 0.15) is 72.2 Å². The van der Waals surface area contributed by atoms with Crippen molar-refractivity contribution in [3.05, 3.63) is 41.0 Å². The van der Waals surface area contributed by atoms with Crippen LogP contribution in [0.4, 0.5) is 4.79 Å². The third-order valence-corrected chi connectivity index (χ3v) is 7.86. The minimum atomic E-state index is -1.21. The molecule has 1 fully saturated rings. The van der Waals surface area contributed by atoms with Gasteiger partial charge in [-0.15, -0.1) is 11.3 Å². The standard InChI is InChI=1S/C28H40N4O5S/c1-16(18-9-11-19(12-10-18)22-17(2)29-15-38-22)30-24(34)21-13-20(33)14-31(21)25(35)23(27(3,4)5)32(26(36)37)28(6,7)8/h9-12,15-16,20-21,23,33H,13-14H2,1-8H3,(H,30,34)(H,36,37)/t16-,20?,21?,23?/m0/s1. The molecule has 1 saturated heterocycles. The molecular weight excluding hydrogens is 504 g/mol. The fourth-order valence-corrected chi connectivity index (χ4v) is 5.82. The maximum Gasteiger partial charge on any atom is 0.408 e. The molecule has 1 aliphatic heterocycles. The molecule has 10 heteroatoms. The number of hydrogen-bond donors (Lipinski definition) is 3. The van der Waals surface area contributed by atoms with Crippen molar-refractivity contribution in [2.75, 3.05) is 6.54 Å². The molecular formula is C28H40N4O5S. The average Bonchev–Trinajstić information content (AvgIpc) is 3.40. The van der Waals surface area contributed by atoms with E-state index in [-0.39, 0.29) is 24.9 Å². The maximum absolute atomic E-state index is 13.9. The molecule has 0 spiro atoms. The summed E-state index contributed by atoms with van der Waals surface area (Å²) in [6.07, 6.45) is -1.99. The number of thiazole rings is 1. The number of carbonyl (C=O) groups is 3. The van der Waals surface area contributed by atoms with Gasteiger partial charge in [-0.25, -0.2) is 9.78 Å². The lowest BCUT2D eigenvalue weighted by Crippen LogP contribution is -2.63. The Morgan fingerprint density at radius 2 is 1.74 bits per heavy atom. The summed E-state index contributed by atoms with van der Waals surface area (Å²) >= 11 is 1.57. The summed E-state index contributed by atoms with van der Waals surface area (Å²) in [6.45, 7) is 14.4. The molecule has 1 aliphatic rings. The van der Waals surface area contributed by atoms with Crippen molar-refractivity contribution in [2.24, 2.45) is 5.41 Å². The second-order valence-corrected chi connectivity index (χ2v) is 13.0. The van der Waals surface area contributed by atoms with Crippen molar-refractivity contribution in [1.82, 2.24) is 20.1 Å². The molecule has 0 saturated carbocycles. The third-order valence-electron chi connectivity index (χ3n) is 6.88. The zero-order chi connectivity index (χ0) is 28.6. The lowest BCUT2D eigenvalue weighted by atomic mass is 9.82. The van der Waals surface area contributed by atoms with E-state index in [1.165, 1.54) is 4.90 Å². The molecule has 3 amide bonds. The predicted octanol–water partition coefficient (Wildman–Crippen LogP) is 4.45. The van der Waals surface area contributed by atoms with Gasteiger partial charge in [0.2, 0.25) is 11.8 Å². The Bertz CT molecular complexity index is 1170. The molecule has 4 atom stereocenters. The van der Waals surface area contributed by atoms with E-state index in [2.05, 4.69) is 10.3 Å². The Hall–Kier alpha value is -2.98. The molecule has 3 N–H and O–H groups in total. The molecule has 2 heterocycles. The summed E-state index contributed by atoms with van der Waals surface area (Å²) in [5.74, 6) is -0.862. The SMILES string of the molecule is Cc1ncsc1-c1ccc([C@H](C)NC(=O)C2CC(O)CN2C(=O)C(N(C(=O)O)C(C)(C)C)C(C)(C)C)cc1. The van der Waals surface area contributed by atoms with Gasteiger partial charge in [0.15, 0.2) is 0 Å². The Morgan fingerprint density at radius 3 is 2.21 bits per heavy atom. The van der Waals surface area contributed by atoms with Crippen LogP contribution in [0.2, 0.25) is 0 Å². The number of rotatable bonds is 6. The highest BCUT2D eigenvalue weighted by atomic mass is 32.1. The van der Waals surface area contributed by atoms with Gasteiger partial charge in [-0.05, 0) is 51.2 Å². The molecule has 2 aromatic rings. The third kappa shape index (κ3) is 6.35. The summed E-state index contributed by atoms with van der Waals surface area (Å²) in [5, 5.41) is 23.5. The molecule has 38 heavy (non-hydrogen) atoms. The van der Waals surface area contributed by atoms with E-state index in [4.69, 9.17) is 0 Å². The number of hydrogen-bond acceptors (Lipinski definition) is 6. The Morgan fingerprint density at radius 1 is 1.13 bits per heavy atom. The fourth-order valence-electron chi connectivity index (χ4n) is 5.01. The van der Waals surface area contributed by atoms with Crippen LogP contribution in [0.25, 0.3) is 10.4 Å². The lowest BCUT2D eigenvalue weighted by molar-refractivity contribution is -0.147. The number of aryl methyl sites for hydroxylation is 1. The number of carboxylic acid groups (broad SMARTS) is 1. The van der Waals surface area contributed by atoms with Crippen LogP contribution in [0.5, 0.6) is 0 Å². The lowest BCUT2D eigenvalue weighted by Gasteiger charge is -2.46. The van der Waals surface area contributed by atoms with Crippen LogP contribution in [-0.2, 0) is 9.59 Å². The molecule has 0 radical (unpaired) electrons. The molecule has 1 aromatic carbocycles. The molecule has 0 bridgehead atoms. The number of aromatic nitrogens is 1. The van der Waals surface area contributed by atoms with E-state index >= 15 is 0 Å². The van der Waals surface area contributed by atoms with Gasteiger partial charge >= 0.3 is 6.09 Å². The summed E-state index contributed by atoms with van der Waals surface area (Å²) < 4.78 is 0. The van der Waals surface area contributed by atoms with Gasteiger partial charge in [-0.3, -0.25) is 14.5 Å². The Labute approximate surface area is 228 Å². The fraction of sp³-hybridized carbons (Fsp3) is 0.571. The van der Waals surface area contributed by atoms with Crippen LogP contribution >= 0.6 is 11.3 Å². The maximum atomic E-state index is 13.9. The average molecular weight is 545 g/mol. The van der Waals surface area contributed by atoms with E-state index in [1.807, 2.05) is 43.6 Å². The first-order valence-corrected chi connectivity index (χ1v) is 13.7. The van der Waals surface area contributed by atoms with Crippen molar-refractivity contribution in [2.45, 2.75) is 91.6 Å². The van der Waals surface area contributed by atoms with Crippen LogP contribution in [0, 0.1) is 12.3 Å². The molecule has 0 aliphatic carbocycles. The number of aliphatic hydroxyl groups is 1. The quantitative estimate of drug-likeness (QED) is 0.494. The van der Waals surface area contributed by atoms with Crippen molar-refractivity contribution in [1.29, 1.82) is 0 Å². The van der Waals surface area contributed by atoms with Gasteiger partial charge in [-0.2, -0.15) is 0 Å². The van der Waals surface area contributed by atoms with Crippen molar-refractivity contribution >= 4 is 29.2 Å². The number of likely N-dealkylation sites (tertiary alicyclic amines) is 1. The second kappa shape index (κ2) is 11.0. The second-order valence-electron chi connectivity index (χ2n) is 12.1. The van der Waals surface area contributed by atoms with Gasteiger partial charge in [-0.1, -0.05) is 45.0 Å². The minimum Gasteiger partial charge on any atom is -0.465 e. The normalized spacial score (nSPS) is 19.7. The molecule has 3 unspecified atom stereocenters. The number of β-amino-alcohol motifs (C(OH)–C–C–N with tert-alkyl or cyclic N) is 1. The highest BCUT2D eigenvalue weighted by Crippen LogP contribution is 2.34. The van der Waals surface area contributed by atoms with Crippen LogP contribution in [0.3, 0.4) is 0 Å². The van der Waals surface area contributed by atoms with E-state index in [0.29, 0.717) is 0 Å². The van der Waals surface area contributed by atoms with Crippen LogP contribution in [0.15, 0.2) is 29.8 Å². The Kier molecular flexibility index (Phi) is 8.58. The smallest absolute Gasteiger partial charge is 0.408 e. The summed E-state index contributed by atoms with van der Waals surface area (Å²) in [5.41, 5.74) is 3.13. The van der Waals surface area contributed by atoms with Gasteiger partial charge in [0.25, 0.3) is 0 Å². The minimum absolute atomic E-state index is 0.0294. The predicted molar refractivity (Wildman–Crippen MR) is 148 cm³/mol. The zero-order valence-corrected chi connectivity index (χ0v) is 24.3. The monoisotopic (exact) mass is 544 g/mol. The number of benzene rings is 1. The zero-order valence-electron chi connectivity index (χ0n) is 23.5. The highest BCUT2D eigenvalue weighted by molar-refractivity contribution is 7.13. The first kappa shape index (κ1) is 29.6. The number of carbonyl (C=O) groups excluding carboxylic acids is 2.